The molecule has 0 radical (unpaired) electrons. The molecule has 6 heteroatoms. The van der Waals surface area contributed by atoms with Crippen LogP contribution >= 0.6 is 11.6 Å². The number of aromatic nitrogens is 1. The lowest BCUT2D eigenvalue weighted by atomic mass is 9.96. The van der Waals surface area contributed by atoms with Crippen LogP contribution in [0.1, 0.15) is 27.7 Å². The number of hydrogen-bond donors (Lipinski definition) is 0. The minimum absolute atomic E-state index is 0.0893. The second-order valence-electron chi connectivity index (χ2n) is 9.79. The Bertz CT molecular complexity index is 1570. The zero-order valence-electron chi connectivity index (χ0n) is 21.4. The van der Waals surface area contributed by atoms with E-state index in [4.69, 9.17) is 11.6 Å². The van der Waals surface area contributed by atoms with Crippen molar-refractivity contribution in [2.24, 2.45) is 0 Å². The molecule has 0 saturated carbocycles. The van der Waals surface area contributed by atoms with Gasteiger partial charge in [-0.15, -0.1) is 0 Å². The van der Waals surface area contributed by atoms with E-state index < -0.39 is 11.7 Å². The summed E-state index contributed by atoms with van der Waals surface area (Å²) in [5.74, 6) is -0.966. The summed E-state index contributed by atoms with van der Waals surface area (Å²) in [5.41, 5.74) is 5.24. The van der Waals surface area contributed by atoms with Gasteiger partial charge in [0.05, 0.1) is 6.04 Å². The predicted octanol–water partition coefficient (Wildman–Crippen LogP) is 6.38. The number of hydrogen-bond acceptors (Lipinski definition) is 3. The van der Waals surface area contributed by atoms with Crippen LogP contribution in [0, 0.1) is 0 Å². The van der Waals surface area contributed by atoms with E-state index in [0.717, 1.165) is 16.6 Å². The molecule has 1 aliphatic heterocycles. The Labute approximate surface area is 232 Å². The molecule has 2 aromatic heterocycles. The third-order valence-electron chi connectivity index (χ3n) is 7.44. The lowest BCUT2D eigenvalue weighted by Crippen LogP contribution is -2.51. The first-order valence-electron chi connectivity index (χ1n) is 13.1. The van der Waals surface area contributed by atoms with Crippen molar-refractivity contribution in [3.8, 4) is 11.1 Å². The summed E-state index contributed by atoms with van der Waals surface area (Å²) in [6, 6.07) is 36.0. The van der Waals surface area contributed by atoms with Crippen molar-refractivity contribution in [3.05, 3.63) is 137 Å². The van der Waals surface area contributed by atoms with Gasteiger partial charge in [-0.2, -0.15) is 0 Å². The van der Waals surface area contributed by atoms with Gasteiger partial charge in [-0.3, -0.25) is 14.5 Å². The topological polar surface area (TPSA) is 45.0 Å². The average molecular weight is 534 g/mol. The maximum atomic E-state index is 13.8. The molecular formula is C33H28ClN3O2. The highest BCUT2D eigenvalue weighted by molar-refractivity contribution is 6.43. The monoisotopic (exact) mass is 533 g/mol. The third kappa shape index (κ3) is 4.99. The van der Waals surface area contributed by atoms with E-state index in [0.29, 0.717) is 36.9 Å². The minimum Gasteiger partial charge on any atom is -0.333 e. The number of benzene rings is 3. The molecule has 0 N–H and O–H groups in total. The van der Waals surface area contributed by atoms with Crippen molar-refractivity contribution < 1.29 is 9.59 Å². The Morgan fingerprint density at radius 2 is 1.28 bits per heavy atom. The number of halogens is 1. The fraction of sp³-hybridized carbons (Fsp3) is 0.152. The predicted molar refractivity (Wildman–Crippen MR) is 155 cm³/mol. The maximum absolute atomic E-state index is 13.8. The molecule has 1 amide bonds. The van der Waals surface area contributed by atoms with Gasteiger partial charge in [0.15, 0.2) is 0 Å². The molecule has 3 aromatic carbocycles. The summed E-state index contributed by atoms with van der Waals surface area (Å²) in [4.78, 5) is 31.5. The van der Waals surface area contributed by atoms with Gasteiger partial charge in [-0.25, -0.2) is 0 Å². The number of piperazine rings is 1. The minimum atomic E-state index is -0.498. The highest BCUT2D eigenvalue weighted by Crippen LogP contribution is 2.31. The van der Waals surface area contributed by atoms with Gasteiger partial charge in [0.2, 0.25) is 0 Å². The van der Waals surface area contributed by atoms with E-state index in [1.807, 2.05) is 54.7 Å². The van der Waals surface area contributed by atoms with Crippen LogP contribution in [0.4, 0.5) is 0 Å². The molecule has 0 aliphatic carbocycles. The van der Waals surface area contributed by atoms with Gasteiger partial charge in [0.25, 0.3) is 11.7 Å². The quantitative estimate of drug-likeness (QED) is 0.188. The van der Waals surface area contributed by atoms with Crippen LogP contribution in [0.15, 0.2) is 115 Å². The fourth-order valence-electron chi connectivity index (χ4n) is 5.52. The molecule has 5 aromatic rings. The lowest BCUT2D eigenvalue weighted by Gasteiger charge is -2.39. The Morgan fingerprint density at radius 3 is 1.90 bits per heavy atom. The average Bonchev–Trinajstić information content (AvgIpc) is 3.38. The smallest absolute Gasteiger partial charge is 0.296 e. The summed E-state index contributed by atoms with van der Waals surface area (Å²) in [5, 5.41) is 0.619. The van der Waals surface area contributed by atoms with Crippen molar-refractivity contribution in [2.45, 2.75) is 6.04 Å². The van der Waals surface area contributed by atoms with Crippen molar-refractivity contribution in [3.63, 3.8) is 0 Å². The molecule has 1 saturated heterocycles. The summed E-state index contributed by atoms with van der Waals surface area (Å²) in [6.45, 7) is 2.32. The van der Waals surface area contributed by atoms with E-state index >= 15 is 0 Å². The standard InChI is InChI=1S/C33H28ClN3O2/c34-27-16-14-24(15-17-27)29-23-28-13-7-8-18-37(28)31(29)32(38)33(39)36-21-19-35(20-22-36)30(25-9-3-1-4-10-25)26-11-5-2-6-12-26/h1-18,23,30H,19-22H2. The van der Waals surface area contributed by atoms with Gasteiger partial charge in [0.1, 0.15) is 5.69 Å². The number of rotatable bonds is 6. The van der Waals surface area contributed by atoms with Crippen LogP contribution in [-0.4, -0.2) is 52.1 Å². The van der Waals surface area contributed by atoms with E-state index in [1.165, 1.54) is 11.1 Å². The third-order valence-corrected chi connectivity index (χ3v) is 7.69. The number of ketones is 1. The highest BCUT2D eigenvalue weighted by Gasteiger charge is 2.33. The molecule has 194 valence electrons. The number of amides is 1. The first-order valence-corrected chi connectivity index (χ1v) is 13.5. The largest absolute Gasteiger partial charge is 0.333 e. The number of carbonyl (C=O) groups excluding carboxylic acids is 2. The van der Waals surface area contributed by atoms with Gasteiger partial charge in [-0.05, 0) is 47.0 Å². The summed E-state index contributed by atoms with van der Waals surface area (Å²) < 4.78 is 1.81. The Kier molecular flexibility index (Phi) is 7.01. The van der Waals surface area contributed by atoms with E-state index in [-0.39, 0.29) is 6.04 Å². The van der Waals surface area contributed by atoms with Gasteiger partial charge in [-0.1, -0.05) is 90.5 Å². The second kappa shape index (κ2) is 10.9. The van der Waals surface area contributed by atoms with E-state index in [1.54, 1.807) is 21.4 Å². The van der Waals surface area contributed by atoms with E-state index in [9.17, 15) is 9.59 Å². The summed E-state index contributed by atoms with van der Waals surface area (Å²) >= 11 is 6.11. The normalized spacial score (nSPS) is 14.2. The van der Waals surface area contributed by atoms with Crippen LogP contribution in [-0.2, 0) is 4.79 Å². The van der Waals surface area contributed by atoms with Crippen LogP contribution in [0.3, 0.4) is 0 Å². The number of carbonyl (C=O) groups is 2. The molecule has 1 fully saturated rings. The zero-order valence-corrected chi connectivity index (χ0v) is 22.2. The first-order chi connectivity index (χ1) is 19.1. The van der Waals surface area contributed by atoms with Gasteiger partial charge in [0, 0.05) is 48.5 Å². The number of nitrogens with zero attached hydrogens (tertiary/aromatic N) is 3. The van der Waals surface area contributed by atoms with Crippen molar-refractivity contribution in [2.75, 3.05) is 26.2 Å². The summed E-state index contributed by atoms with van der Waals surface area (Å²) in [7, 11) is 0. The van der Waals surface area contributed by atoms with Crippen molar-refractivity contribution >= 4 is 28.8 Å². The van der Waals surface area contributed by atoms with Crippen LogP contribution in [0.5, 0.6) is 0 Å². The molecule has 0 atom stereocenters. The number of Topliss-reactive ketones (excluding diaryl/α,β-unsaturated/α-hetero) is 1. The maximum Gasteiger partial charge on any atom is 0.296 e. The van der Waals surface area contributed by atoms with Crippen molar-refractivity contribution in [1.82, 2.24) is 14.2 Å². The van der Waals surface area contributed by atoms with E-state index in [2.05, 4.69) is 53.4 Å². The highest BCUT2D eigenvalue weighted by atomic mass is 35.5. The second-order valence-corrected chi connectivity index (χ2v) is 10.2. The lowest BCUT2D eigenvalue weighted by molar-refractivity contribution is -0.128. The SMILES string of the molecule is O=C(C(=O)N1CCN(C(c2ccccc2)c2ccccc2)CC1)c1c(-c2ccc(Cl)cc2)cc2ccccn12. The molecule has 6 rings (SSSR count). The van der Waals surface area contributed by atoms with Crippen LogP contribution in [0.25, 0.3) is 16.6 Å². The van der Waals surface area contributed by atoms with Gasteiger partial charge >= 0.3 is 0 Å². The Balaban J connectivity index is 1.25. The fourth-order valence-corrected chi connectivity index (χ4v) is 5.64. The molecule has 5 nitrogen and oxygen atoms in total. The number of pyridine rings is 1. The van der Waals surface area contributed by atoms with Gasteiger partial charge < -0.3 is 9.30 Å². The Hall–Kier alpha value is -4.19. The van der Waals surface area contributed by atoms with Crippen molar-refractivity contribution in [1.29, 1.82) is 0 Å². The molecule has 39 heavy (non-hydrogen) atoms. The molecule has 0 spiro atoms. The Morgan fingerprint density at radius 1 is 0.692 bits per heavy atom. The molecule has 0 bridgehead atoms. The zero-order chi connectivity index (χ0) is 26.8. The molecule has 0 unspecified atom stereocenters. The number of fused-ring (bicyclic) bond motifs is 1. The molecule has 3 heterocycles. The van der Waals surface area contributed by atoms with Crippen LogP contribution < -0.4 is 0 Å². The summed E-state index contributed by atoms with van der Waals surface area (Å²) in [6.07, 6.45) is 1.83. The first kappa shape index (κ1) is 25.1. The van der Waals surface area contributed by atoms with Crippen LogP contribution in [0.2, 0.25) is 5.02 Å². The molecule has 1 aliphatic rings. The molecular weight excluding hydrogens is 506 g/mol.